The molecule has 154 valence electrons. The van der Waals surface area contributed by atoms with Gasteiger partial charge in [-0.2, -0.15) is 9.61 Å². The van der Waals surface area contributed by atoms with Gasteiger partial charge in [0.25, 0.3) is 0 Å². The minimum atomic E-state index is -0.736. The number of nitrogens with two attached hydrogens (primary N) is 1. The molecule has 1 saturated carbocycles. The Morgan fingerprint density at radius 3 is 2.74 bits per heavy atom. The SMILES string of the molecule is [B]c1c(C2CCC(CC(=O)O)CC2)nc2c(-c3cnc4ccccc4c3)cnn2c1N. The fraction of sp³-hybridized carbons (Fsp3) is 0.304. The van der Waals surface area contributed by atoms with E-state index in [1.165, 1.54) is 0 Å². The Hall–Kier alpha value is -3.42. The molecular weight excluding hydrogens is 389 g/mol. The van der Waals surface area contributed by atoms with E-state index in [1.54, 1.807) is 10.7 Å². The summed E-state index contributed by atoms with van der Waals surface area (Å²) in [5.41, 5.74) is 10.9. The Balaban J connectivity index is 1.54. The molecule has 3 N–H and O–H groups in total. The standard InChI is InChI=1S/C23H22BN5O2/c24-20-21(14-7-5-13(6-8-14)9-19(30)31)28-23-17(12-27-29(23)22(20)25)16-10-15-3-1-2-4-18(15)26-11-16/h1-4,10-14H,5-9,25H2,(H,30,31). The van der Waals surface area contributed by atoms with Crippen LogP contribution in [0.15, 0.2) is 42.7 Å². The van der Waals surface area contributed by atoms with E-state index in [0.29, 0.717) is 16.9 Å². The smallest absolute Gasteiger partial charge is 0.303 e. The van der Waals surface area contributed by atoms with Crippen LogP contribution in [0.1, 0.15) is 43.7 Å². The second kappa shape index (κ2) is 7.69. The van der Waals surface area contributed by atoms with Crippen LogP contribution in [0.3, 0.4) is 0 Å². The predicted octanol–water partition coefficient (Wildman–Crippen LogP) is 3.07. The molecule has 3 heterocycles. The number of carbonyl (C=O) groups is 1. The minimum absolute atomic E-state index is 0.162. The maximum Gasteiger partial charge on any atom is 0.303 e. The number of anilines is 1. The van der Waals surface area contributed by atoms with Crippen molar-refractivity contribution in [3.05, 3.63) is 48.4 Å². The van der Waals surface area contributed by atoms with Gasteiger partial charge < -0.3 is 10.8 Å². The highest BCUT2D eigenvalue weighted by Gasteiger charge is 2.27. The van der Waals surface area contributed by atoms with E-state index >= 15 is 0 Å². The number of aliphatic carboxylic acids is 1. The third kappa shape index (κ3) is 3.52. The van der Waals surface area contributed by atoms with Gasteiger partial charge >= 0.3 is 5.97 Å². The van der Waals surface area contributed by atoms with Gasteiger partial charge in [0.1, 0.15) is 13.7 Å². The van der Waals surface area contributed by atoms with Crippen LogP contribution in [0.4, 0.5) is 5.82 Å². The minimum Gasteiger partial charge on any atom is -0.481 e. The van der Waals surface area contributed by atoms with Crippen LogP contribution in [0.25, 0.3) is 27.7 Å². The number of carboxylic acids is 1. The summed E-state index contributed by atoms with van der Waals surface area (Å²) in [7, 11) is 6.36. The molecule has 7 nitrogen and oxygen atoms in total. The van der Waals surface area contributed by atoms with Gasteiger partial charge in [0.05, 0.1) is 11.7 Å². The van der Waals surface area contributed by atoms with Crippen molar-refractivity contribution in [3.63, 3.8) is 0 Å². The molecule has 8 heteroatoms. The van der Waals surface area contributed by atoms with E-state index in [4.69, 9.17) is 23.7 Å². The summed E-state index contributed by atoms with van der Waals surface area (Å²) in [6, 6.07) is 10.0. The molecule has 1 aliphatic carbocycles. The molecule has 1 aromatic carbocycles. The van der Waals surface area contributed by atoms with Crippen molar-refractivity contribution in [1.29, 1.82) is 0 Å². The van der Waals surface area contributed by atoms with Crippen molar-refractivity contribution >= 4 is 41.6 Å². The zero-order chi connectivity index (χ0) is 21.5. The fourth-order valence-corrected chi connectivity index (χ4v) is 4.67. The molecule has 3 aromatic heterocycles. The largest absolute Gasteiger partial charge is 0.481 e. The second-order valence-corrected chi connectivity index (χ2v) is 8.32. The number of hydrogen-bond donors (Lipinski definition) is 2. The number of fused-ring (bicyclic) bond motifs is 2. The van der Waals surface area contributed by atoms with Crippen molar-refractivity contribution in [3.8, 4) is 11.1 Å². The first-order chi connectivity index (χ1) is 15.0. The normalized spacial score (nSPS) is 19.1. The summed E-state index contributed by atoms with van der Waals surface area (Å²) < 4.78 is 1.58. The van der Waals surface area contributed by atoms with Gasteiger partial charge in [0.15, 0.2) is 5.65 Å². The number of nitrogen functional groups attached to an aromatic ring is 1. The van der Waals surface area contributed by atoms with E-state index in [-0.39, 0.29) is 18.3 Å². The molecule has 0 aliphatic heterocycles. The highest BCUT2D eigenvalue weighted by atomic mass is 16.4. The monoisotopic (exact) mass is 411 g/mol. The van der Waals surface area contributed by atoms with Crippen molar-refractivity contribution < 1.29 is 9.90 Å². The summed E-state index contributed by atoms with van der Waals surface area (Å²) in [4.78, 5) is 20.5. The van der Waals surface area contributed by atoms with Crippen molar-refractivity contribution in [2.45, 2.75) is 38.0 Å². The van der Waals surface area contributed by atoms with Crippen molar-refractivity contribution in [2.75, 3.05) is 5.73 Å². The van der Waals surface area contributed by atoms with Crippen LogP contribution in [0.2, 0.25) is 0 Å². The number of rotatable bonds is 4. The van der Waals surface area contributed by atoms with E-state index < -0.39 is 5.97 Å². The maximum absolute atomic E-state index is 11.0. The Morgan fingerprint density at radius 2 is 1.97 bits per heavy atom. The summed E-state index contributed by atoms with van der Waals surface area (Å²) in [6.45, 7) is 0. The van der Waals surface area contributed by atoms with Gasteiger partial charge in [0, 0.05) is 40.7 Å². The Kier molecular flexibility index (Phi) is 4.84. The maximum atomic E-state index is 11.0. The lowest BCUT2D eigenvalue weighted by atomic mass is 9.76. The molecule has 0 spiro atoms. The average Bonchev–Trinajstić information content (AvgIpc) is 3.20. The molecule has 1 aliphatic rings. The summed E-state index contributed by atoms with van der Waals surface area (Å²) >= 11 is 0. The molecule has 0 atom stereocenters. The number of pyridine rings is 1. The van der Waals surface area contributed by atoms with Gasteiger partial charge in [-0.25, -0.2) is 4.98 Å². The molecule has 0 bridgehead atoms. The summed E-state index contributed by atoms with van der Waals surface area (Å²) in [5.74, 6) is 0.0207. The van der Waals surface area contributed by atoms with Crippen LogP contribution in [0, 0.1) is 5.92 Å². The third-order valence-corrected chi connectivity index (χ3v) is 6.35. The lowest BCUT2D eigenvalue weighted by Gasteiger charge is -2.28. The highest BCUT2D eigenvalue weighted by molar-refractivity contribution is 6.36. The molecule has 31 heavy (non-hydrogen) atoms. The van der Waals surface area contributed by atoms with Crippen LogP contribution < -0.4 is 11.2 Å². The molecule has 4 aromatic rings. The molecule has 5 rings (SSSR count). The molecular formula is C23H22BN5O2. The van der Waals surface area contributed by atoms with Gasteiger partial charge in [-0.1, -0.05) is 18.2 Å². The first kappa shape index (κ1) is 19.5. The molecule has 2 radical (unpaired) electrons. The quantitative estimate of drug-likeness (QED) is 0.500. The zero-order valence-corrected chi connectivity index (χ0v) is 17.0. The van der Waals surface area contributed by atoms with Gasteiger partial charge in [0.2, 0.25) is 0 Å². The van der Waals surface area contributed by atoms with E-state index in [1.807, 2.05) is 30.5 Å². The molecule has 0 saturated heterocycles. The average molecular weight is 411 g/mol. The van der Waals surface area contributed by atoms with Crippen LogP contribution in [-0.4, -0.2) is 38.5 Å². The predicted molar refractivity (Wildman–Crippen MR) is 120 cm³/mol. The molecule has 0 unspecified atom stereocenters. The van der Waals surface area contributed by atoms with E-state index in [9.17, 15) is 4.79 Å². The Morgan fingerprint density at radius 1 is 1.19 bits per heavy atom. The van der Waals surface area contributed by atoms with Crippen LogP contribution >= 0.6 is 0 Å². The van der Waals surface area contributed by atoms with Crippen LogP contribution in [-0.2, 0) is 4.79 Å². The van der Waals surface area contributed by atoms with E-state index in [0.717, 1.165) is 53.4 Å². The topological polar surface area (TPSA) is 106 Å². The number of para-hydroxylation sites is 1. The molecule has 0 amide bonds. The lowest BCUT2D eigenvalue weighted by Crippen LogP contribution is -2.27. The number of benzene rings is 1. The number of aromatic nitrogens is 4. The Labute approximate surface area is 180 Å². The first-order valence-electron chi connectivity index (χ1n) is 10.5. The first-order valence-corrected chi connectivity index (χ1v) is 10.5. The van der Waals surface area contributed by atoms with Gasteiger partial charge in [-0.05, 0) is 49.2 Å². The van der Waals surface area contributed by atoms with Gasteiger partial charge in [-0.3, -0.25) is 9.78 Å². The number of carboxylic acid groups (broad SMARTS) is 1. The summed E-state index contributed by atoms with van der Waals surface area (Å²) in [5, 5.41) is 14.5. The number of nitrogens with zero attached hydrogens (tertiary/aromatic N) is 4. The summed E-state index contributed by atoms with van der Waals surface area (Å²) in [6.07, 6.45) is 7.20. The molecule has 1 fully saturated rings. The van der Waals surface area contributed by atoms with E-state index in [2.05, 4.69) is 16.1 Å². The van der Waals surface area contributed by atoms with Gasteiger partial charge in [-0.15, -0.1) is 0 Å². The zero-order valence-electron chi connectivity index (χ0n) is 17.0. The lowest BCUT2D eigenvalue weighted by molar-refractivity contribution is -0.138. The third-order valence-electron chi connectivity index (χ3n) is 6.35. The number of hydrogen-bond acceptors (Lipinski definition) is 5. The second-order valence-electron chi connectivity index (χ2n) is 8.32. The van der Waals surface area contributed by atoms with Crippen LogP contribution in [0.5, 0.6) is 0 Å². The Bertz CT molecular complexity index is 1290. The highest BCUT2D eigenvalue weighted by Crippen LogP contribution is 2.37. The van der Waals surface area contributed by atoms with Crippen molar-refractivity contribution in [2.24, 2.45) is 5.92 Å². The van der Waals surface area contributed by atoms with Crippen molar-refractivity contribution in [1.82, 2.24) is 19.6 Å². The fourth-order valence-electron chi connectivity index (χ4n) is 4.67.